The Balaban J connectivity index is 2.40. The van der Waals surface area contributed by atoms with Crippen LogP contribution in [-0.2, 0) is 10.1 Å². The summed E-state index contributed by atoms with van der Waals surface area (Å²) in [7, 11) is -4.44. The highest BCUT2D eigenvalue weighted by Crippen LogP contribution is 2.30. The molecular weight excluding hydrogens is 308 g/mol. The number of benzene rings is 2. The van der Waals surface area contributed by atoms with Gasteiger partial charge in [-0.1, -0.05) is 30.3 Å². The van der Waals surface area contributed by atoms with E-state index in [2.05, 4.69) is 0 Å². The molecule has 1 atom stereocenters. The molecule has 2 rings (SSSR count). The Morgan fingerprint density at radius 2 is 1.77 bits per heavy atom. The van der Waals surface area contributed by atoms with Gasteiger partial charge in [0.1, 0.15) is 23.4 Å². The summed E-state index contributed by atoms with van der Waals surface area (Å²) in [6, 6.07) is 13.0. The molecule has 2 aromatic rings. The Morgan fingerprint density at radius 1 is 1.09 bits per heavy atom. The molecule has 2 aromatic carbocycles. The highest BCUT2D eigenvalue weighted by Gasteiger charge is 2.18. The average Bonchev–Trinajstić information content (AvgIpc) is 2.52. The van der Waals surface area contributed by atoms with Gasteiger partial charge in [0.2, 0.25) is 0 Å². The van der Waals surface area contributed by atoms with E-state index in [-0.39, 0.29) is 17.3 Å². The van der Waals surface area contributed by atoms with E-state index in [1.54, 1.807) is 30.3 Å². The Morgan fingerprint density at radius 3 is 2.36 bits per heavy atom. The average molecular weight is 324 g/mol. The fourth-order valence-electron chi connectivity index (χ4n) is 1.91. The van der Waals surface area contributed by atoms with Crippen LogP contribution in [0.25, 0.3) is 11.1 Å². The fraction of sp³-hybridized carbons (Fsp3) is 0.200. The number of rotatable bonds is 6. The summed E-state index contributed by atoms with van der Waals surface area (Å²) in [5.74, 6) is 0.166. The highest BCUT2D eigenvalue weighted by atomic mass is 32.2. The van der Waals surface area contributed by atoms with E-state index in [4.69, 9.17) is 9.84 Å². The summed E-state index contributed by atoms with van der Waals surface area (Å²) < 4.78 is 37.8. The first-order chi connectivity index (χ1) is 10.4. The number of hydrogen-bond acceptors (Lipinski definition) is 5. The first-order valence-corrected chi connectivity index (χ1v) is 7.94. The van der Waals surface area contributed by atoms with Crippen LogP contribution >= 0.6 is 0 Å². The van der Waals surface area contributed by atoms with Crippen LogP contribution in [0.15, 0.2) is 53.4 Å². The lowest BCUT2D eigenvalue weighted by molar-refractivity contribution is 0.0535. The number of aliphatic hydroxyl groups is 2. The topological polar surface area (TPSA) is 104 Å². The third kappa shape index (κ3) is 4.05. The standard InChI is InChI=1S/C15H16O6S/c16-9-12(17)10-21-13-6-7-14(11-4-2-1-3-5-11)15(8-13)22(18,19)20/h1-8,12,16-17H,9-10H2,(H,18,19,20). The van der Waals surface area contributed by atoms with Gasteiger partial charge in [0, 0.05) is 11.6 Å². The summed E-state index contributed by atoms with van der Waals surface area (Å²) in [5, 5.41) is 18.0. The van der Waals surface area contributed by atoms with Crippen LogP contribution in [0.2, 0.25) is 0 Å². The zero-order chi connectivity index (χ0) is 16.2. The summed E-state index contributed by atoms with van der Waals surface area (Å²) in [5.41, 5.74) is 0.982. The van der Waals surface area contributed by atoms with Crippen molar-refractivity contribution in [1.82, 2.24) is 0 Å². The zero-order valence-corrected chi connectivity index (χ0v) is 12.4. The summed E-state index contributed by atoms with van der Waals surface area (Å²) >= 11 is 0. The van der Waals surface area contributed by atoms with Crippen molar-refractivity contribution in [2.75, 3.05) is 13.2 Å². The molecule has 118 valence electrons. The smallest absolute Gasteiger partial charge is 0.295 e. The van der Waals surface area contributed by atoms with Crippen LogP contribution in [0.5, 0.6) is 5.75 Å². The Labute approximate surface area is 128 Å². The molecule has 7 heteroatoms. The van der Waals surface area contributed by atoms with Gasteiger partial charge in [-0.3, -0.25) is 4.55 Å². The van der Waals surface area contributed by atoms with Crippen LogP contribution in [0, 0.1) is 0 Å². The van der Waals surface area contributed by atoms with Crippen molar-refractivity contribution in [2.45, 2.75) is 11.0 Å². The fourth-order valence-corrected chi connectivity index (χ4v) is 2.64. The normalized spacial score (nSPS) is 12.9. The van der Waals surface area contributed by atoms with Gasteiger partial charge in [-0.2, -0.15) is 8.42 Å². The second-order valence-corrected chi connectivity index (χ2v) is 6.04. The zero-order valence-electron chi connectivity index (χ0n) is 11.6. The molecule has 0 aliphatic carbocycles. The van der Waals surface area contributed by atoms with Crippen molar-refractivity contribution in [2.24, 2.45) is 0 Å². The molecular formula is C15H16O6S. The molecule has 0 heterocycles. The van der Waals surface area contributed by atoms with Crippen molar-refractivity contribution >= 4 is 10.1 Å². The Bertz CT molecular complexity index is 727. The number of ether oxygens (including phenoxy) is 1. The molecule has 0 bridgehead atoms. The molecule has 3 N–H and O–H groups in total. The van der Waals surface area contributed by atoms with Crippen LogP contribution in [0.1, 0.15) is 0 Å². The van der Waals surface area contributed by atoms with Gasteiger partial charge in [-0.05, 0) is 17.7 Å². The monoisotopic (exact) mass is 324 g/mol. The summed E-state index contributed by atoms with van der Waals surface area (Å²) in [4.78, 5) is -0.283. The van der Waals surface area contributed by atoms with Crippen molar-refractivity contribution in [3.8, 4) is 16.9 Å². The van der Waals surface area contributed by atoms with Gasteiger partial charge >= 0.3 is 0 Å². The van der Waals surface area contributed by atoms with Crippen molar-refractivity contribution in [1.29, 1.82) is 0 Å². The molecule has 0 saturated heterocycles. The van der Waals surface area contributed by atoms with E-state index in [0.29, 0.717) is 11.1 Å². The second-order valence-electron chi connectivity index (χ2n) is 4.65. The van der Waals surface area contributed by atoms with Crippen LogP contribution < -0.4 is 4.74 Å². The minimum Gasteiger partial charge on any atom is -0.491 e. The van der Waals surface area contributed by atoms with Gasteiger partial charge < -0.3 is 14.9 Å². The van der Waals surface area contributed by atoms with Crippen LogP contribution in [-0.4, -0.2) is 42.5 Å². The second kappa shape index (κ2) is 6.89. The van der Waals surface area contributed by atoms with Gasteiger partial charge in [-0.15, -0.1) is 0 Å². The predicted octanol–water partition coefficient (Wildman–Crippen LogP) is 1.33. The lowest BCUT2D eigenvalue weighted by Crippen LogP contribution is -2.21. The molecule has 0 aliphatic rings. The van der Waals surface area contributed by atoms with E-state index in [9.17, 15) is 18.1 Å². The van der Waals surface area contributed by atoms with Gasteiger partial charge in [0.05, 0.1) is 6.61 Å². The molecule has 0 amide bonds. The molecule has 0 fully saturated rings. The lowest BCUT2D eigenvalue weighted by Gasteiger charge is -2.13. The first-order valence-electron chi connectivity index (χ1n) is 6.50. The first kappa shape index (κ1) is 16.4. The van der Waals surface area contributed by atoms with Gasteiger partial charge in [-0.25, -0.2) is 0 Å². The molecule has 6 nitrogen and oxygen atoms in total. The summed E-state index contributed by atoms with van der Waals surface area (Å²) in [6.07, 6.45) is -1.07. The van der Waals surface area contributed by atoms with Gasteiger partial charge in [0.15, 0.2) is 0 Å². The lowest BCUT2D eigenvalue weighted by atomic mass is 10.1. The minimum atomic E-state index is -4.44. The number of aliphatic hydroxyl groups excluding tert-OH is 2. The molecule has 0 aliphatic heterocycles. The molecule has 0 radical (unpaired) electrons. The third-order valence-electron chi connectivity index (χ3n) is 2.97. The molecule has 0 saturated carbocycles. The SMILES string of the molecule is O=S(=O)(O)c1cc(OCC(O)CO)ccc1-c1ccccc1. The largest absolute Gasteiger partial charge is 0.491 e. The third-order valence-corrected chi connectivity index (χ3v) is 3.86. The molecule has 22 heavy (non-hydrogen) atoms. The van der Waals surface area contributed by atoms with Gasteiger partial charge in [0.25, 0.3) is 10.1 Å². The Kier molecular flexibility index (Phi) is 5.15. The van der Waals surface area contributed by atoms with E-state index in [1.807, 2.05) is 0 Å². The van der Waals surface area contributed by atoms with Crippen LogP contribution in [0.4, 0.5) is 0 Å². The maximum absolute atomic E-state index is 11.6. The van der Waals surface area contributed by atoms with Crippen molar-refractivity contribution in [3.63, 3.8) is 0 Å². The van der Waals surface area contributed by atoms with E-state index in [0.717, 1.165) is 0 Å². The molecule has 1 unspecified atom stereocenters. The number of hydrogen-bond donors (Lipinski definition) is 3. The molecule has 0 aromatic heterocycles. The quantitative estimate of drug-likeness (QED) is 0.693. The maximum Gasteiger partial charge on any atom is 0.295 e. The van der Waals surface area contributed by atoms with Crippen molar-refractivity contribution < 1.29 is 27.9 Å². The Hall–Kier alpha value is -1.93. The molecule has 0 spiro atoms. The van der Waals surface area contributed by atoms with E-state index in [1.165, 1.54) is 18.2 Å². The minimum absolute atomic E-state index is 0.166. The predicted molar refractivity (Wildman–Crippen MR) is 80.3 cm³/mol. The van der Waals surface area contributed by atoms with Crippen LogP contribution in [0.3, 0.4) is 0 Å². The maximum atomic E-state index is 11.6. The van der Waals surface area contributed by atoms with Crippen molar-refractivity contribution in [3.05, 3.63) is 48.5 Å². The van der Waals surface area contributed by atoms with E-state index >= 15 is 0 Å². The van der Waals surface area contributed by atoms with E-state index < -0.39 is 22.8 Å². The summed E-state index contributed by atoms with van der Waals surface area (Å²) in [6.45, 7) is -0.653. The highest BCUT2D eigenvalue weighted by molar-refractivity contribution is 7.86.